The lowest BCUT2D eigenvalue weighted by Gasteiger charge is -2.12. The van der Waals surface area contributed by atoms with Gasteiger partial charge in [0.05, 0.1) is 0 Å². The van der Waals surface area contributed by atoms with E-state index in [2.05, 4.69) is 53.6 Å². The summed E-state index contributed by atoms with van der Waals surface area (Å²) in [5.41, 5.74) is 7.88. The maximum Gasteiger partial charge on any atom is 0.160 e. The average molecular weight is 385 g/mol. The Morgan fingerprint density at radius 1 is 0.958 bits per heavy atom. The Bertz CT molecular complexity index is 792. The van der Waals surface area contributed by atoms with E-state index in [1.54, 1.807) is 6.20 Å². The van der Waals surface area contributed by atoms with Crippen molar-refractivity contribution in [2.75, 3.05) is 22.9 Å². The lowest BCUT2D eigenvalue weighted by Crippen LogP contribution is -2.10. The number of rotatable bonds is 6. The number of nitrogens with one attached hydrogen (secondary N) is 2. The predicted molar refractivity (Wildman–Crippen MR) is 100 cm³/mol. The van der Waals surface area contributed by atoms with Gasteiger partial charge in [0.15, 0.2) is 11.6 Å². The Kier molecular flexibility index (Phi) is 5.22. The number of pyridine rings is 1. The molecule has 0 bridgehead atoms. The van der Waals surface area contributed by atoms with E-state index in [1.165, 1.54) is 11.9 Å². The molecule has 6 nitrogen and oxygen atoms in total. The number of aromatic nitrogens is 3. The lowest BCUT2D eigenvalue weighted by atomic mass is 10.1. The fraction of sp³-hybridized carbons (Fsp3) is 0.118. The fourth-order valence-electron chi connectivity index (χ4n) is 2.18. The fourth-order valence-corrected chi connectivity index (χ4v) is 2.41. The van der Waals surface area contributed by atoms with Gasteiger partial charge in [-0.25, -0.2) is 15.0 Å². The quantitative estimate of drug-likeness (QED) is 0.601. The number of benzene rings is 1. The van der Waals surface area contributed by atoms with E-state index in [0.29, 0.717) is 23.1 Å². The zero-order chi connectivity index (χ0) is 16.8. The minimum atomic E-state index is 0.468. The summed E-state index contributed by atoms with van der Waals surface area (Å²) in [6.07, 6.45) is 4.07. The smallest absolute Gasteiger partial charge is 0.160 e. The lowest BCUT2D eigenvalue weighted by molar-refractivity contribution is 1.00. The number of nitrogen functional groups attached to an aromatic ring is 1. The number of hydrogen-bond donors (Lipinski definition) is 3. The topological polar surface area (TPSA) is 88.8 Å². The van der Waals surface area contributed by atoms with E-state index < -0.39 is 0 Å². The zero-order valence-corrected chi connectivity index (χ0v) is 14.5. The van der Waals surface area contributed by atoms with Crippen LogP contribution >= 0.6 is 15.9 Å². The normalized spacial score (nSPS) is 10.4. The first-order valence-electron chi connectivity index (χ1n) is 7.49. The highest BCUT2D eigenvalue weighted by molar-refractivity contribution is 9.10. The summed E-state index contributed by atoms with van der Waals surface area (Å²) in [5.74, 6) is 1.81. The van der Waals surface area contributed by atoms with Gasteiger partial charge in [0.2, 0.25) is 0 Å². The van der Waals surface area contributed by atoms with Crippen molar-refractivity contribution in [1.29, 1.82) is 0 Å². The summed E-state index contributed by atoms with van der Waals surface area (Å²) in [6.45, 7) is 0.737. The minimum Gasteiger partial charge on any atom is -0.393 e. The van der Waals surface area contributed by atoms with Crippen molar-refractivity contribution >= 4 is 39.1 Å². The Labute approximate surface area is 148 Å². The number of hydrogen-bond acceptors (Lipinski definition) is 6. The van der Waals surface area contributed by atoms with Crippen LogP contribution in [0.5, 0.6) is 0 Å². The van der Waals surface area contributed by atoms with E-state index in [9.17, 15) is 0 Å². The standard InChI is InChI=1S/C17H17BrN6/c18-13-6-7-14(21-10-13)24-17-15(19)16(22-11-23-17)20-9-8-12-4-2-1-3-5-12/h1-7,10-11H,8-9,19H2,(H2,20,21,22,23,24). The molecule has 1 aromatic carbocycles. The highest BCUT2D eigenvalue weighted by Crippen LogP contribution is 2.25. The molecule has 0 fully saturated rings. The molecule has 0 atom stereocenters. The van der Waals surface area contributed by atoms with Crippen molar-refractivity contribution in [2.24, 2.45) is 0 Å². The molecule has 0 unspecified atom stereocenters. The van der Waals surface area contributed by atoms with Crippen molar-refractivity contribution in [3.8, 4) is 0 Å². The SMILES string of the molecule is Nc1c(NCCc2ccccc2)ncnc1Nc1ccc(Br)cn1. The number of nitrogens with two attached hydrogens (primary N) is 1. The van der Waals surface area contributed by atoms with Crippen LogP contribution in [0, 0.1) is 0 Å². The van der Waals surface area contributed by atoms with Gasteiger partial charge in [-0.1, -0.05) is 30.3 Å². The number of halogens is 1. The Morgan fingerprint density at radius 2 is 1.75 bits per heavy atom. The zero-order valence-electron chi connectivity index (χ0n) is 12.9. The second-order valence-corrected chi connectivity index (χ2v) is 6.05. The van der Waals surface area contributed by atoms with Gasteiger partial charge >= 0.3 is 0 Å². The molecule has 0 amide bonds. The van der Waals surface area contributed by atoms with Crippen molar-refractivity contribution in [3.05, 3.63) is 65.0 Å². The molecule has 2 heterocycles. The van der Waals surface area contributed by atoms with Gasteiger partial charge in [0, 0.05) is 17.2 Å². The third-order valence-corrected chi connectivity index (χ3v) is 3.88. The van der Waals surface area contributed by atoms with Crippen LogP contribution in [0.4, 0.5) is 23.1 Å². The van der Waals surface area contributed by atoms with Crippen LogP contribution < -0.4 is 16.4 Å². The van der Waals surface area contributed by atoms with Gasteiger partial charge in [-0.15, -0.1) is 0 Å². The summed E-state index contributed by atoms with van der Waals surface area (Å²) >= 11 is 3.35. The molecule has 0 saturated carbocycles. The second-order valence-electron chi connectivity index (χ2n) is 5.13. The van der Waals surface area contributed by atoms with E-state index in [-0.39, 0.29) is 0 Å². The minimum absolute atomic E-state index is 0.468. The Hall–Kier alpha value is -2.67. The predicted octanol–water partition coefficient (Wildman–Crippen LogP) is 3.61. The number of nitrogens with zero attached hydrogens (tertiary/aromatic N) is 3. The average Bonchev–Trinajstić information content (AvgIpc) is 2.61. The summed E-state index contributed by atoms with van der Waals surface area (Å²) < 4.78 is 0.909. The molecule has 0 spiro atoms. The van der Waals surface area contributed by atoms with Gasteiger partial charge in [0.25, 0.3) is 0 Å². The summed E-state index contributed by atoms with van der Waals surface area (Å²) in [5, 5.41) is 6.35. The van der Waals surface area contributed by atoms with Gasteiger partial charge in [0.1, 0.15) is 17.8 Å². The van der Waals surface area contributed by atoms with Gasteiger partial charge in [-0.2, -0.15) is 0 Å². The van der Waals surface area contributed by atoms with Crippen molar-refractivity contribution < 1.29 is 0 Å². The molecule has 0 radical (unpaired) electrons. The molecule has 3 rings (SSSR count). The largest absolute Gasteiger partial charge is 0.393 e. The van der Waals surface area contributed by atoms with Crippen LogP contribution in [0.15, 0.2) is 59.5 Å². The first-order valence-corrected chi connectivity index (χ1v) is 8.28. The maximum absolute atomic E-state index is 6.15. The van der Waals surface area contributed by atoms with Crippen LogP contribution in [0.1, 0.15) is 5.56 Å². The van der Waals surface area contributed by atoms with Gasteiger partial charge in [-0.05, 0) is 40.0 Å². The molecule has 122 valence electrons. The van der Waals surface area contributed by atoms with Crippen LogP contribution in [0.3, 0.4) is 0 Å². The van der Waals surface area contributed by atoms with Crippen LogP contribution in [0.2, 0.25) is 0 Å². The first kappa shape index (κ1) is 16.2. The van der Waals surface area contributed by atoms with Crippen LogP contribution in [0.25, 0.3) is 0 Å². The second kappa shape index (κ2) is 7.74. The van der Waals surface area contributed by atoms with Crippen LogP contribution in [-0.2, 0) is 6.42 Å². The molecule has 7 heteroatoms. The molecule has 0 aliphatic carbocycles. The molecular formula is C17H17BrN6. The van der Waals surface area contributed by atoms with E-state index in [4.69, 9.17) is 5.73 Å². The molecule has 24 heavy (non-hydrogen) atoms. The summed E-state index contributed by atoms with van der Waals surface area (Å²) in [4.78, 5) is 12.6. The number of anilines is 4. The third kappa shape index (κ3) is 4.20. The Balaban J connectivity index is 1.65. The van der Waals surface area contributed by atoms with E-state index in [1.807, 2.05) is 30.3 Å². The summed E-state index contributed by atoms with van der Waals surface area (Å²) in [6, 6.07) is 14.0. The Morgan fingerprint density at radius 3 is 2.50 bits per heavy atom. The van der Waals surface area contributed by atoms with Crippen LogP contribution in [-0.4, -0.2) is 21.5 Å². The van der Waals surface area contributed by atoms with Crippen molar-refractivity contribution in [3.63, 3.8) is 0 Å². The van der Waals surface area contributed by atoms with Gasteiger partial charge in [-0.3, -0.25) is 0 Å². The monoisotopic (exact) mass is 384 g/mol. The molecule has 4 N–H and O–H groups in total. The molecule has 3 aromatic rings. The molecule has 2 aromatic heterocycles. The maximum atomic E-state index is 6.15. The van der Waals surface area contributed by atoms with E-state index in [0.717, 1.165) is 17.4 Å². The highest BCUT2D eigenvalue weighted by atomic mass is 79.9. The molecule has 0 aliphatic heterocycles. The van der Waals surface area contributed by atoms with Gasteiger partial charge < -0.3 is 16.4 Å². The molecule has 0 saturated heterocycles. The first-order chi connectivity index (χ1) is 11.7. The molecular weight excluding hydrogens is 368 g/mol. The van der Waals surface area contributed by atoms with Crippen molar-refractivity contribution in [2.45, 2.75) is 6.42 Å². The summed E-state index contributed by atoms with van der Waals surface area (Å²) in [7, 11) is 0. The molecule has 0 aliphatic rings. The van der Waals surface area contributed by atoms with E-state index >= 15 is 0 Å². The third-order valence-electron chi connectivity index (χ3n) is 3.41. The highest BCUT2D eigenvalue weighted by Gasteiger charge is 2.08. The van der Waals surface area contributed by atoms with Crippen molar-refractivity contribution in [1.82, 2.24) is 15.0 Å².